The summed E-state index contributed by atoms with van der Waals surface area (Å²) in [6.07, 6.45) is -0.996. The highest BCUT2D eigenvalue weighted by atomic mass is 16.8. The molecule has 0 aromatic heterocycles. The fraction of sp³-hybridized carbons (Fsp3) is 0.500. The molecule has 0 fully saturated rings. The molecule has 4 N–H and O–H groups in total. The summed E-state index contributed by atoms with van der Waals surface area (Å²) in [7, 11) is 0. The highest BCUT2D eigenvalue weighted by molar-refractivity contribution is 5.81. The Balaban J connectivity index is 3.66. The zero-order chi connectivity index (χ0) is 8.85. The second-order valence-corrected chi connectivity index (χ2v) is 1.60. The number of urea groups is 1. The lowest BCUT2D eigenvalue weighted by atomic mass is 10.5. The van der Waals surface area contributed by atoms with Gasteiger partial charge in [0.25, 0.3) is 0 Å². The zero-order valence-corrected chi connectivity index (χ0v) is 5.45. The molecule has 11 heavy (non-hydrogen) atoms. The van der Waals surface area contributed by atoms with E-state index in [1.807, 2.05) is 0 Å². The van der Waals surface area contributed by atoms with Crippen LogP contribution in [-0.4, -0.2) is 44.4 Å². The van der Waals surface area contributed by atoms with E-state index < -0.39 is 17.5 Å². The van der Waals surface area contributed by atoms with Crippen molar-refractivity contribution in [2.45, 2.75) is 12.7 Å². The van der Waals surface area contributed by atoms with Gasteiger partial charge in [-0.3, -0.25) is 10.4 Å². The van der Waals surface area contributed by atoms with E-state index in [1.165, 1.54) is 0 Å². The van der Waals surface area contributed by atoms with Crippen molar-refractivity contribution in [3.63, 3.8) is 0 Å². The first kappa shape index (κ1) is 9.98. The lowest BCUT2D eigenvalue weighted by Crippen LogP contribution is -2.19. The standard InChI is InChI=1S/C4H8N2O5/c7-3(8)1-2-5-4(9)6(10)11/h2-3,7-8,10-11H,1H2. The van der Waals surface area contributed by atoms with Gasteiger partial charge in [-0.2, -0.15) is 0 Å². The Labute approximate surface area is 61.7 Å². The monoisotopic (exact) mass is 164 g/mol. The normalized spacial score (nSPS) is 11.0. The van der Waals surface area contributed by atoms with Crippen molar-refractivity contribution in [3.8, 4) is 0 Å². The number of hydroxylamine groups is 2. The van der Waals surface area contributed by atoms with E-state index in [0.717, 1.165) is 6.21 Å². The van der Waals surface area contributed by atoms with Crippen LogP contribution in [0.2, 0.25) is 0 Å². The van der Waals surface area contributed by atoms with Crippen LogP contribution in [0.25, 0.3) is 0 Å². The largest absolute Gasteiger partial charge is 0.392 e. The molecule has 0 spiro atoms. The minimum atomic E-state index is -1.60. The van der Waals surface area contributed by atoms with Gasteiger partial charge in [-0.25, -0.2) is 9.79 Å². The molecule has 7 nitrogen and oxygen atoms in total. The minimum absolute atomic E-state index is 0.250. The first-order chi connectivity index (χ1) is 5.04. The van der Waals surface area contributed by atoms with Crippen LogP contribution >= 0.6 is 0 Å². The molecular weight excluding hydrogens is 156 g/mol. The molecule has 0 atom stereocenters. The van der Waals surface area contributed by atoms with Gasteiger partial charge < -0.3 is 10.2 Å². The molecule has 7 heteroatoms. The smallest absolute Gasteiger partial charge is 0.368 e. The molecule has 0 aliphatic rings. The van der Waals surface area contributed by atoms with Crippen molar-refractivity contribution in [2.75, 3.05) is 0 Å². The SMILES string of the molecule is O=C(N=CCC(O)O)N(O)O. The van der Waals surface area contributed by atoms with Gasteiger partial charge in [-0.1, -0.05) is 5.23 Å². The number of carbonyl (C=O) groups excluding carboxylic acids is 1. The summed E-state index contributed by atoms with van der Waals surface area (Å²) in [4.78, 5) is 13.1. The lowest BCUT2D eigenvalue weighted by Gasteiger charge is -1.99. The summed E-state index contributed by atoms with van der Waals surface area (Å²) < 4.78 is 0. The Kier molecular flexibility index (Phi) is 4.30. The summed E-state index contributed by atoms with van der Waals surface area (Å²) in [5, 5.41) is 31.7. The van der Waals surface area contributed by atoms with Crippen LogP contribution in [-0.2, 0) is 0 Å². The maximum atomic E-state index is 10.2. The van der Waals surface area contributed by atoms with Gasteiger partial charge in [-0.15, -0.1) is 0 Å². The Morgan fingerprint density at radius 1 is 1.55 bits per heavy atom. The Morgan fingerprint density at radius 3 is 2.45 bits per heavy atom. The second-order valence-electron chi connectivity index (χ2n) is 1.60. The first-order valence-electron chi connectivity index (χ1n) is 2.64. The third-order valence-electron chi connectivity index (χ3n) is 0.689. The van der Waals surface area contributed by atoms with Crippen molar-refractivity contribution < 1.29 is 25.4 Å². The van der Waals surface area contributed by atoms with E-state index in [1.54, 1.807) is 0 Å². The van der Waals surface area contributed by atoms with E-state index in [9.17, 15) is 4.79 Å². The first-order valence-corrected chi connectivity index (χ1v) is 2.64. The van der Waals surface area contributed by atoms with Crippen LogP contribution in [0, 0.1) is 0 Å². The number of aliphatic hydroxyl groups is 2. The second kappa shape index (κ2) is 4.74. The molecule has 0 heterocycles. The summed E-state index contributed by atoms with van der Waals surface area (Å²) in [6.45, 7) is 0. The summed E-state index contributed by atoms with van der Waals surface area (Å²) in [6, 6.07) is -1.30. The third-order valence-corrected chi connectivity index (χ3v) is 0.689. The van der Waals surface area contributed by atoms with Crippen molar-refractivity contribution in [2.24, 2.45) is 4.99 Å². The van der Waals surface area contributed by atoms with E-state index in [2.05, 4.69) is 4.99 Å². The van der Waals surface area contributed by atoms with E-state index in [-0.39, 0.29) is 6.42 Å². The average Bonchev–Trinajstić information content (AvgIpc) is 1.86. The zero-order valence-electron chi connectivity index (χ0n) is 5.45. The summed E-state index contributed by atoms with van der Waals surface area (Å²) in [5.74, 6) is 0. The third kappa shape index (κ3) is 5.43. The minimum Gasteiger partial charge on any atom is -0.368 e. The topological polar surface area (TPSA) is 114 Å². The quantitative estimate of drug-likeness (QED) is 0.180. The Bertz CT molecular complexity index is 155. The summed E-state index contributed by atoms with van der Waals surface area (Å²) >= 11 is 0. The van der Waals surface area contributed by atoms with Crippen LogP contribution in [0.1, 0.15) is 6.42 Å². The number of hydrogen-bond acceptors (Lipinski definition) is 5. The van der Waals surface area contributed by atoms with Crippen LogP contribution in [0.3, 0.4) is 0 Å². The average molecular weight is 164 g/mol. The molecule has 0 aromatic carbocycles. The van der Waals surface area contributed by atoms with Crippen LogP contribution < -0.4 is 0 Å². The fourth-order valence-corrected chi connectivity index (χ4v) is 0.277. The molecule has 0 aliphatic carbocycles. The van der Waals surface area contributed by atoms with Crippen LogP contribution in [0.5, 0.6) is 0 Å². The molecule has 64 valence electrons. The van der Waals surface area contributed by atoms with Crippen LogP contribution in [0.4, 0.5) is 4.79 Å². The van der Waals surface area contributed by atoms with Gasteiger partial charge in [0.15, 0.2) is 6.29 Å². The lowest BCUT2D eigenvalue weighted by molar-refractivity contribution is -0.256. The van der Waals surface area contributed by atoms with Gasteiger partial charge in [0.1, 0.15) is 0 Å². The van der Waals surface area contributed by atoms with Gasteiger partial charge in [0.2, 0.25) is 0 Å². The molecular formula is C4H8N2O5. The molecule has 0 unspecified atom stereocenters. The number of nitrogens with zero attached hydrogens (tertiary/aromatic N) is 2. The summed E-state index contributed by atoms with van der Waals surface area (Å²) in [5.41, 5.74) is 0. The molecule has 0 rings (SSSR count). The van der Waals surface area contributed by atoms with Crippen molar-refractivity contribution in [3.05, 3.63) is 0 Å². The number of rotatable bonds is 2. The van der Waals surface area contributed by atoms with Crippen molar-refractivity contribution in [1.29, 1.82) is 0 Å². The van der Waals surface area contributed by atoms with Crippen molar-refractivity contribution >= 4 is 12.2 Å². The molecule has 0 saturated carbocycles. The van der Waals surface area contributed by atoms with E-state index in [4.69, 9.17) is 20.6 Å². The number of aliphatic hydroxyl groups excluding tert-OH is 1. The number of hydrogen-bond donors (Lipinski definition) is 4. The highest BCUT2D eigenvalue weighted by Gasteiger charge is 2.02. The van der Waals surface area contributed by atoms with Gasteiger partial charge in [0.05, 0.1) is 0 Å². The van der Waals surface area contributed by atoms with Gasteiger partial charge in [0, 0.05) is 12.6 Å². The maximum Gasteiger partial charge on any atom is 0.392 e. The van der Waals surface area contributed by atoms with E-state index in [0.29, 0.717) is 0 Å². The molecule has 0 bridgehead atoms. The predicted molar refractivity (Wildman–Crippen MR) is 32.1 cm³/mol. The molecule has 0 saturated heterocycles. The maximum absolute atomic E-state index is 10.2. The Hall–Kier alpha value is -1.02. The highest BCUT2D eigenvalue weighted by Crippen LogP contribution is 1.85. The Morgan fingerprint density at radius 2 is 2.09 bits per heavy atom. The van der Waals surface area contributed by atoms with Crippen molar-refractivity contribution in [1.82, 2.24) is 5.23 Å². The number of carbonyl (C=O) groups is 1. The van der Waals surface area contributed by atoms with E-state index >= 15 is 0 Å². The number of aliphatic imine (C=N–C) groups is 1. The predicted octanol–water partition coefficient (Wildman–Crippen LogP) is -1.04. The molecule has 2 amide bonds. The molecule has 0 radical (unpaired) electrons. The van der Waals surface area contributed by atoms with Gasteiger partial charge >= 0.3 is 6.03 Å². The molecule has 0 aromatic rings. The van der Waals surface area contributed by atoms with Crippen LogP contribution in [0.15, 0.2) is 4.99 Å². The van der Waals surface area contributed by atoms with Gasteiger partial charge in [-0.05, 0) is 0 Å². The molecule has 0 aliphatic heterocycles. The number of amides is 2. The fourth-order valence-electron chi connectivity index (χ4n) is 0.277.